The summed E-state index contributed by atoms with van der Waals surface area (Å²) in [6.45, 7) is 6.60. The molecule has 1 aliphatic rings. The smallest absolute Gasteiger partial charge is 0.222 e. The maximum Gasteiger partial charge on any atom is 0.222 e. The number of nitrogens with one attached hydrogen (secondary N) is 2. The second kappa shape index (κ2) is 9.42. The first-order chi connectivity index (χ1) is 15.4. The van der Waals surface area contributed by atoms with Crippen LogP contribution in [0.4, 0.5) is 23.1 Å². The van der Waals surface area contributed by atoms with E-state index >= 15 is 0 Å². The first-order valence-electron chi connectivity index (χ1n) is 11.2. The van der Waals surface area contributed by atoms with Crippen LogP contribution in [-0.2, 0) is 4.79 Å². The van der Waals surface area contributed by atoms with Crippen molar-refractivity contribution in [1.82, 2.24) is 24.4 Å². The minimum atomic E-state index is 0.170. The maximum atomic E-state index is 11.8. The van der Waals surface area contributed by atoms with E-state index in [1.807, 2.05) is 31.1 Å². The number of likely N-dealkylation sites (tertiary alicyclic amines) is 1. The van der Waals surface area contributed by atoms with Gasteiger partial charge in [0.25, 0.3) is 0 Å². The lowest BCUT2D eigenvalue weighted by atomic mass is 10.2. The summed E-state index contributed by atoms with van der Waals surface area (Å²) in [5.41, 5.74) is 3.61. The van der Waals surface area contributed by atoms with E-state index in [2.05, 4.69) is 56.0 Å². The van der Waals surface area contributed by atoms with Crippen molar-refractivity contribution >= 4 is 40.2 Å². The molecule has 1 aliphatic heterocycles. The van der Waals surface area contributed by atoms with Crippen LogP contribution in [0.2, 0.25) is 0 Å². The van der Waals surface area contributed by atoms with Gasteiger partial charge in [-0.15, -0.1) is 0 Å². The number of hydrogen-bond acceptors (Lipinski definition) is 7. The van der Waals surface area contributed by atoms with Crippen molar-refractivity contribution in [1.29, 1.82) is 0 Å². The lowest BCUT2D eigenvalue weighted by Gasteiger charge is -2.16. The minimum Gasteiger partial charge on any atom is -0.378 e. The molecule has 0 saturated carbocycles. The van der Waals surface area contributed by atoms with Gasteiger partial charge in [0.15, 0.2) is 17.0 Å². The van der Waals surface area contributed by atoms with Gasteiger partial charge < -0.3 is 20.4 Å². The molecule has 2 N–H and O–H groups in total. The summed E-state index contributed by atoms with van der Waals surface area (Å²) >= 11 is 0. The van der Waals surface area contributed by atoms with Gasteiger partial charge in [-0.05, 0) is 44.9 Å². The van der Waals surface area contributed by atoms with Crippen molar-refractivity contribution in [3.05, 3.63) is 30.6 Å². The summed E-state index contributed by atoms with van der Waals surface area (Å²) in [5, 5.41) is 6.85. The van der Waals surface area contributed by atoms with Gasteiger partial charge in [-0.2, -0.15) is 0 Å². The summed E-state index contributed by atoms with van der Waals surface area (Å²) in [5.74, 6) is 1.71. The summed E-state index contributed by atoms with van der Waals surface area (Å²) in [6.07, 6.45) is 4.09. The van der Waals surface area contributed by atoms with E-state index in [4.69, 9.17) is 4.98 Å². The van der Waals surface area contributed by atoms with Gasteiger partial charge in [-0.3, -0.25) is 9.36 Å². The third-order valence-corrected chi connectivity index (χ3v) is 5.68. The third-order valence-electron chi connectivity index (χ3n) is 5.68. The van der Waals surface area contributed by atoms with E-state index in [0.717, 1.165) is 61.0 Å². The highest BCUT2D eigenvalue weighted by molar-refractivity contribution is 5.86. The van der Waals surface area contributed by atoms with Crippen LogP contribution in [0.5, 0.6) is 0 Å². The number of anilines is 4. The zero-order valence-electron chi connectivity index (χ0n) is 19.3. The van der Waals surface area contributed by atoms with Crippen LogP contribution >= 0.6 is 0 Å². The van der Waals surface area contributed by atoms with Gasteiger partial charge in [0.2, 0.25) is 11.9 Å². The predicted molar refractivity (Wildman–Crippen MR) is 129 cm³/mol. The van der Waals surface area contributed by atoms with Crippen LogP contribution in [0.1, 0.15) is 39.2 Å². The second-order valence-electron chi connectivity index (χ2n) is 8.63. The number of fused-ring (bicyclic) bond motifs is 1. The molecule has 9 heteroatoms. The van der Waals surface area contributed by atoms with Crippen molar-refractivity contribution < 1.29 is 4.79 Å². The Hall–Kier alpha value is -3.36. The molecule has 4 rings (SSSR count). The van der Waals surface area contributed by atoms with Crippen LogP contribution in [-0.4, -0.2) is 64.1 Å². The average molecular weight is 437 g/mol. The molecule has 0 atom stereocenters. The van der Waals surface area contributed by atoms with E-state index in [0.29, 0.717) is 12.2 Å². The highest BCUT2D eigenvalue weighted by atomic mass is 16.2. The fourth-order valence-corrected chi connectivity index (χ4v) is 4.02. The molecule has 3 aromatic rings. The van der Waals surface area contributed by atoms with Crippen molar-refractivity contribution in [2.24, 2.45) is 0 Å². The van der Waals surface area contributed by atoms with Crippen molar-refractivity contribution in [2.75, 3.05) is 49.3 Å². The molecular weight excluding hydrogens is 404 g/mol. The average Bonchev–Trinajstić information content (AvgIpc) is 3.34. The Morgan fingerprint density at radius 3 is 2.78 bits per heavy atom. The van der Waals surface area contributed by atoms with Crippen LogP contribution in [0, 0.1) is 0 Å². The number of rotatable bonds is 9. The zero-order chi connectivity index (χ0) is 22.7. The highest BCUT2D eigenvalue weighted by Crippen LogP contribution is 2.29. The van der Waals surface area contributed by atoms with Gasteiger partial charge in [-0.25, -0.2) is 15.0 Å². The minimum absolute atomic E-state index is 0.170. The fraction of sp³-hybridized carbons (Fsp3) is 0.478. The number of carbonyl (C=O) groups is 1. The SMILES string of the molecule is CC(C)n1c(Nc2cccc(N(C)C)c2)nc2c(NCCCN3CCCC3=O)ncnc21. The van der Waals surface area contributed by atoms with Crippen molar-refractivity contribution in [3.63, 3.8) is 0 Å². The summed E-state index contributed by atoms with van der Waals surface area (Å²) in [6, 6.07) is 8.39. The number of nitrogens with zero attached hydrogens (tertiary/aromatic N) is 6. The van der Waals surface area contributed by atoms with Gasteiger partial charge in [0, 0.05) is 57.6 Å². The van der Waals surface area contributed by atoms with E-state index in [1.165, 1.54) is 0 Å². The van der Waals surface area contributed by atoms with E-state index in [-0.39, 0.29) is 11.9 Å². The Balaban J connectivity index is 1.54. The third kappa shape index (κ3) is 4.61. The van der Waals surface area contributed by atoms with E-state index in [9.17, 15) is 4.79 Å². The quantitative estimate of drug-likeness (QED) is 0.495. The molecular formula is C23H32N8O. The lowest BCUT2D eigenvalue weighted by Crippen LogP contribution is -2.27. The molecule has 1 fully saturated rings. The molecule has 0 spiro atoms. The summed E-state index contributed by atoms with van der Waals surface area (Å²) < 4.78 is 2.09. The van der Waals surface area contributed by atoms with Crippen LogP contribution in [0.25, 0.3) is 11.2 Å². The van der Waals surface area contributed by atoms with Gasteiger partial charge >= 0.3 is 0 Å². The number of benzene rings is 1. The molecule has 1 amide bonds. The largest absolute Gasteiger partial charge is 0.378 e. The number of imidazole rings is 1. The Kier molecular flexibility index (Phi) is 6.43. The maximum absolute atomic E-state index is 11.8. The fourth-order valence-electron chi connectivity index (χ4n) is 4.02. The van der Waals surface area contributed by atoms with Crippen LogP contribution < -0.4 is 15.5 Å². The predicted octanol–water partition coefficient (Wildman–Crippen LogP) is 3.64. The second-order valence-corrected chi connectivity index (χ2v) is 8.63. The number of carbonyl (C=O) groups excluding carboxylic acids is 1. The van der Waals surface area contributed by atoms with Gasteiger partial charge in [-0.1, -0.05) is 6.07 Å². The van der Waals surface area contributed by atoms with E-state index < -0.39 is 0 Å². The van der Waals surface area contributed by atoms with Crippen molar-refractivity contribution in [2.45, 2.75) is 39.2 Å². The molecule has 32 heavy (non-hydrogen) atoms. The topological polar surface area (TPSA) is 91.2 Å². The molecule has 3 heterocycles. The van der Waals surface area contributed by atoms with Crippen LogP contribution in [0.15, 0.2) is 30.6 Å². The molecule has 0 aliphatic carbocycles. The molecule has 170 valence electrons. The van der Waals surface area contributed by atoms with E-state index in [1.54, 1.807) is 6.33 Å². The number of hydrogen-bond donors (Lipinski definition) is 2. The summed E-state index contributed by atoms with van der Waals surface area (Å²) in [7, 11) is 4.05. The zero-order valence-corrected chi connectivity index (χ0v) is 19.3. The Morgan fingerprint density at radius 2 is 2.06 bits per heavy atom. The first-order valence-corrected chi connectivity index (χ1v) is 11.2. The molecule has 0 unspecified atom stereocenters. The molecule has 0 bridgehead atoms. The standard InChI is InChI=1S/C23H32N8O/c1-16(2)31-22-20(28-23(31)27-17-8-5-9-18(14-17)29(3)4)21(25-15-26-22)24-11-7-13-30-12-6-10-19(30)32/h5,8-9,14-16H,6-7,10-13H2,1-4H3,(H,27,28)(H,24,25,26). The molecule has 2 aromatic heterocycles. The normalized spacial score (nSPS) is 13.9. The molecule has 1 saturated heterocycles. The highest BCUT2D eigenvalue weighted by Gasteiger charge is 2.20. The molecule has 1 aromatic carbocycles. The van der Waals surface area contributed by atoms with Crippen molar-refractivity contribution in [3.8, 4) is 0 Å². The molecule has 0 radical (unpaired) electrons. The Morgan fingerprint density at radius 1 is 1.22 bits per heavy atom. The van der Waals surface area contributed by atoms with Gasteiger partial charge in [0.05, 0.1) is 0 Å². The molecule has 9 nitrogen and oxygen atoms in total. The summed E-state index contributed by atoms with van der Waals surface area (Å²) in [4.78, 5) is 29.6. The Bertz CT molecular complexity index is 1090. The first kappa shape index (κ1) is 21.9. The van der Waals surface area contributed by atoms with Gasteiger partial charge in [0.1, 0.15) is 6.33 Å². The number of aromatic nitrogens is 4. The Labute approximate surface area is 188 Å². The lowest BCUT2D eigenvalue weighted by molar-refractivity contribution is -0.127. The monoisotopic (exact) mass is 436 g/mol. The number of amides is 1. The van der Waals surface area contributed by atoms with Crippen LogP contribution in [0.3, 0.4) is 0 Å².